The molecule has 8 heteroatoms. The minimum Gasteiger partial charge on any atom is -0.492 e. The van der Waals surface area contributed by atoms with Gasteiger partial charge in [-0.25, -0.2) is 13.6 Å². The molecule has 0 unspecified atom stereocenters. The van der Waals surface area contributed by atoms with E-state index in [4.69, 9.17) is 9.88 Å². The van der Waals surface area contributed by atoms with Gasteiger partial charge in [0.25, 0.3) is 5.69 Å². The number of hydrogen-bond acceptors (Lipinski definition) is 5. The molecule has 0 spiro atoms. The highest BCUT2D eigenvalue weighted by Gasteiger charge is 2.14. The van der Waals surface area contributed by atoms with Gasteiger partial charge in [0.05, 0.1) is 16.1 Å². The Morgan fingerprint density at radius 3 is 2.40 bits per heavy atom. The van der Waals surface area contributed by atoms with Crippen LogP contribution in [0, 0.1) is 10.1 Å². The number of fused-ring (bicyclic) bond motifs is 1. The van der Waals surface area contributed by atoms with Gasteiger partial charge in [-0.1, -0.05) is 18.2 Å². The maximum Gasteiger partial charge on any atom is 0.277 e. The van der Waals surface area contributed by atoms with E-state index in [1.54, 1.807) is 24.3 Å². The first kappa shape index (κ1) is 14.2. The predicted molar refractivity (Wildman–Crippen MR) is 74.1 cm³/mol. The third-order valence-electron chi connectivity index (χ3n) is 2.68. The van der Waals surface area contributed by atoms with Crippen molar-refractivity contribution in [3.63, 3.8) is 0 Å². The lowest BCUT2D eigenvalue weighted by molar-refractivity contribution is -0.383. The van der Waals surface area contributed by atoms with Gasteiger partial charge in [0, 0.05) is 11.5 Å². The van der Waals surface area contributed by atoms with Crippen molar-refractivity contribution in [3.8, 4) is 5.75 Å². The molecule has 0 fully saturated rings. The van der Waals surface area contributed by atoms with Gasteiger partial charge in [-0.3, -0.25) is 10.1 Å². The standard InChI is InChI=1S/C12H12N2O5S/c13-20(17,18)8-7-19-12-6-5-11(14(15)16)9-3-1-2-4-10(9)12/h1-6H,7-8H2,(H2,13,17,18). The first-order chi connectivity index (χ1) is 9.38. The average molecular weight is 296 g/mol. The fourth-order valence-corrected chi connectivity index (χ4v) is 2.12. The first-order valence-electron chi connectivity index (χ1n) is 5.68. The van der Waals surface area contributed by atoms with Crippen LogP contribution in [0.4, 0.5) is 5.69 Å². The summed E-state index contributed by atoms with van der Waals surface area (Å²) in [7, 11) is -3.60. The highest BCUT2D eigenvalue weighted by molar-refractivity contribution is 7.89. The summed E-state index contributed by atoms with van der Waals surface area (Å²) in [6.07, 6.45) is 0. The number of primary sulfonamides is 1. The Kier molecular flexibility index (Phi) is 3.86. The molecule has 0 amide bonds. The number of nitro benzene ring substituents is 1. The monoisotopic (exact) mass is 296 g/mol. The molecule has 0 aliphatic heterocycles. The van der Waals surface area contributed by atoms with Gasteiger partial charge in [0.2, 0.25) is 10.0 Å². The van der Waals surface area contributed by atoms with Crippen molar-refractivity contribution in [2.24, 2.45) is 5.14 Å². The zero-order valence-electron chi connectivity index (χ0n) is 10.4. The van der Waals surface area contributed by atoms with Crippen molar-refractivity contribution >= 4 is 26.5 Å². The molecule has 2 N–H and O–H groups in total. The molecule has 0 aliphatic rings. The summed E-state index contributed by atoms with van der Waals surface area (Å²) in [4.78, 5) is 10.5. The molecule has 0 radical (unpaired) electrons. The molecule has 0 atom stereocenters. The molecule has 2 aromatic rings. The Bertz CT molecular complexity index is 758. The largest absolute Gasteiger partial charge is 0.492 e. The van der Waals surface area contributed by atoms with Crippen LogP contribution in [0.25, 0.3) is 10.8 Å². The Hall–Kier alpha value is -2.19. The van der Waals surface area contributed by atoms with Crippen molar-refractivity contribution in [1.82, 2.24) is 0 Å². The van der Waals surface area contributed by atoms with Gasteiger partial charge in [-0.05, 0) is 12.1 Å². The van der Waals surface area contributed by atoms with Crippen LogP contribution in [0.5, 0.6) is 5.75 Å². The molecule has 0 aliphatic carbocycles. The summed E-state index contributed by atoms with van der Waals surface area (Å²) in [6.45, 7) is -0.110. The average Bonchev–Trinajstić information content (AvgIpc) is 2.37. The van der Waals surface area contributed by atoms with Gasteiger partial charge in [0.1, 0.15) is 12.4 Å². The minimum absolute atomic E-state index is 0.0283. The Morgan fingerprint density at radius 1 is 1.15 bits per heavy atom. The van der Waals surface area contributed by atoms with Crippen molar-refractivity contribution in [1.29, 1.82) is 0 Å². The molecule has 2 rings (SSSR count). The van der Waals surface area contributed by atoms with E-state index in [1.165, 1.54) is 12.1 Å². The molecular formula is C12H12N2O5S. The molecule has 0 bridgehead atoms. The van der Waals surface area contributed by atoms with E-state index in [-0.39, 0.29) is 18.0 Å². The number of benzene rings is 2. The fourth-order valence-electron chi connectivity index (χ4n) is 1.81. The third kappa shape index (κ3) is 3.22. The van der Waals surface area contributed by atoms with Crippen molar-refractivity contribution < 1.29 is 18.1 Å². The van der Waals surface area contributed by atoms with E-state index in [1.807, 2.05) is 0 Å². The molecule has 0 heterocycles. The van der Waals surface area contributed by atoms with E-state index in [2.05, 4.69) is 0 Å². The van der Waals surface area contributed by atoms with Crippen LogP contribution in [-0.2, 0) is 10.0 Å². The van der Waals surface area contributed by atoms with Crippen LogP contribution in [0.2, 0.25) is 0 Å². The van der Waals surface area contributed by atoms with Crippen LogP contribution in [0.3, 0.4) is 0 Å². The maximum atomic E-state index is 10.9. The van der Waals surface area contributed by atoms with Crippen molar-refractivity contribution in [2.75, 3.05) is 12.4 Å². The van der Waals surface area contributed by atoms with Gasteiger partial charge in [-0.15, -0.1) is 0 Å². The summed E-state index contributed by atoms with van der Waals surface area (Å²) in [5, 5.41) is 16.8. The molecule has 2 aromatic carbocycles. The molecular weight excluding hydrogens is 284 g/mol. The lowest BCUT2D eigenvalue weighted by Crippen LogP contribution is -2.21. The van der Waals surface area contributed by atoms with Crippen LogP contribution in [0.15, 0.2) is 36.4 Å². The zero-order chi connectivity index (χ0) is 14.8. The van der Waals surface area contributed by atoms with E-state index >= 15 is 0 Å². The van der Waals surface area contributed by atoms with Crippen LogP contribution >= 0.6 is 0 Å². The Balaban J connectivity index is 2.36. The van der Waals surface area contributed by atoms with Gasteiger partial charge < -0.3 is 4.74 Å². The lowest BCUT2D eigenvalue weighted by Gasteiger charge is -2.09. The second-order valence-corrected chi connectivity index (χ2v) is 5.83. The summed E-state index contributed by atoms with van der Waals surface area (Å²) >= 11 is 0. The number of sulfonamides is 1. The molecule has 0 aromatic heterocycles. The Morgan fingerprint density at radius 2 is 1.80 bits per heavy atom. The van der Waals surface area contributed by atoms with Crippen LogP contribution in [-0.4, -0.2) is 25.7 Å². The Labute approximate surface area is 115 Å². The SMILES string of the molecule is NS(=O)(=O)CCOc1ccc([N+](=O)[O-])c2ccccc12. The number of rotatable bonds is 5. The summed E-state index contributed by atoms with van der Waals surface area (Å²) < 4.78 is 27.0. The van der Waals surface area contributed by atoms with E-state index in [0.717, 1.165) is 0 Å². The zero-order valence-corrected chi connectivity index (χ0v) is 11.2. The fraction of sp³-hybridized carbons (Fsp3) is 0.167. The maximum absolute atomic E-state index is 10.9. The molecule has 7 nitrogen and oxygen atoms in total. The third-order valence-corrected chi connectivity index (χ3v) is 3.42. The summed E-state index contributed by atoms with van der Waals surface area (Å²) in [6, 6.07) is 9.47. The van der Waals surface area contributed by atoms with Crippen LogP contribution < -0.4 is 9.88 Å². The summed E-state index contributed by atoms with van der Waals surface area (Å²) in [5.74, 6) is 0.0630. The molecule has 0 saturated heterocycles. The number of non-ortho nitro benzene ring substituents is 1. The number of ether oxygens (including phenoxy) is 1. The first-order valence-corrected chi connectivity index (χ1v) is 7.39. The van der Waals surface area contributed by atoms with Crippen LogP contribution in [0.1, 0.15) is 0 Å². The number of hydrogen-bond donors (Lipinski definition) is 1. The minimum atomic E-state index is -3.60. The van der Waals surface area contributed by atoms with Crippen molar-refractivity contribution in [2.45, 2.75) is 0 Å². The quantitative estimate of drug-likeness (QED) is 0.662. The summed E-state index contributed by atoms with van der Waals surface area (Å²) in [5.41, 5.74) is -0.0283. The van der Waals surface area contributed by atoms with E-state index in [0.29, 0.717) is 16.5 Å². The molecule has 20 heavy (non-hydrogen) atoms. The van der Waals surface area contributed by atoms with Crippen molar-refractivity contribution in [3.05, 3.63) is 46.5 Å². The number of nitro groups is 1. The van der Waals surface area contributed by atoms with Gasteiger partial charge in [0.15, 0.2) is 0 Å². The van der Waals surface area contributed by atoms with Gasteiger partial charge in [-0.2, -0.15) is 0 Å². The lowest BCUT2D eigenvalue weighted by atomic mass is 10.1. The van der Waals surface area contributed by atoms with Gasteiger partial charge >= 0.3 is 0 Å². The highest BCUT2D eigenvalue weighted by Crippen LogP contribution is 2.32. The topological polar surface area (TPSA) is 113 Å². The molecule has 0 saturated carbocycles. The van der Waals surface area contributed by atoms with E-state index < -0.39 is 14.9 Å². The predicted octanol–water partition coefficient (Wildman–Crippen LogP) is 1.42. The normalized spacial score (nSPS) is 11.4. The number of nitrogens with zero attached hydrogens (tertiary/aromatic N) is 1. The highest BCUT2D eigenvalue weighted by atomic mass is 32.2. The second kappa shape index (κ2) is 5.43. The van der Waals surface area contributed by atoms with E-state index in [9.17, 15) is 18.5 Å². The molecule has 106 valence electrons. The number of nitrogens with two attached hydrogens (primary N) is 1. The second-order valence-electron chi connectivity index (χ2n) is 4.10. The smallest absolute Gasteiger partial charge is 0.277 e.